The van der Waals surface area contributed by atoms with Crippen LogP contribution >= 0.6 is 0 Å². The SMILES string of the molecule is CC(=O)OC(C)CCC(C)(C)O. The van der Waals surface area contributed by atoms with Crippen molar-refractivity contribution in [3.63, 3.8) is 0 Å². The quantitative estimate of drug-likeness (QED) is 0.657. The summed E-state index contributed by atoms with van der Waals surface area (Å²) in [5, 5.41) is 9.36. The van der Waals surface area contributed by atoms with Crippen LogP contribution in [0.1, 0.15) is 40.5 Å². The first-order valence-corrected chi connectivity index (χ1v) is 4.21. The number of esters is 1. The summed E-state index contributed by atoms with van der Waals surface area (Å²) in [6.07, 6.45) is 1.23. The van der Waals surface area contributed by atoms with Gasteiger partial charge in [-0.15, -0.1) is 0 Å². The lowest BCUT2D eigenvalue weighted by Crippen LogP contribution is -2.22. The molecular weight excluding hydrogens is 156 g/mol. The number of hydrogen-bond donors (Lipinski definition) is 1. The average molecular weight is 174 g/mol. The highest BCUT2D eigenvalue weighted by Gasteiger charge is 2.15. The lowest BCUT2D eigenvalue weighted by atomic mass is 10.0. The van der Waals surface area contributed by atoms with Gasteiger partial charge in [-0.1, -0.05) is 0 Å². The van der Waals surface area contributed by atoms with E-state index in [1.807, 2.05) is 6.92 Å². The largest absolute Gasteiger partial charge is 0.463 e. The van der Waals surface area contributed by atoms with E-state index in [2.05, 4.69) is 0 Å². The van der Waals surface area contributed by atoms with Gasteiger partial charge in [-0.2, -0.15) is 0 Å². The maximum atomic E-state index is 10.5. The number of hydrogen-bond acceptors (Lipinski definition) is 3. The molecule has 0 aliphatic heterocycles. The Balaban J connectivity index is 3.57. The summed E-state index contributed by atoms with van der Waals surface area (Å²) in [6, 6.07) is 0. The highest BCUT2D eigenvalue weighted by atomic mass is 16.5. The van der Waals surface area contributed by atoms with Crippen LogP contribution in [0.15, 0.2) is 0 Å². The summed E-state index contributed by atoms with van der Waals surface area (Å²) >= 11 is 0. The normalized spacial score (nSPS) is 14.1. The minimum atomic E-state index is -0.672. The van der Waals surface area contributed by atoms with Gasteiger partial charge in [0.2, 0.25) is 0 Å². The van der Waals surface area contributed by atoms with Crippen molar-refractivity contribution >= 4 is 5.97 Å². The summed E-state index contributed by atoms with van der Waals surface area (Å²) in [4.78, 5) is 10.5. The molecule has 0 aliphatic rings. The van der Waals surface area contributed by atoms with Crippen LogP contribution < -0.4 is 0 Å². The van der Waals surface area contributed by atoms with E-state index in [1.165, 1.54) is 6.92 Å². The molecule has 1 unspecified atom stereocenters. The Bertz CT molecular complexity index is 146. The molecule has 0 radical (unpaired) electrons. The smallest absolute Gasteiger partial charge is 0.302 e. The van der Waals surface area contributed by atoms with Gasteiger partial charge in [-0.3, -0.25) is 4.79 Å². The molecule has 0 fully saturated rings. The third-order valence-corrected chi connectivity index (χ3v) is 1.53. The van der Waals surface area contributed by atoms with Crippen LogP contribution in [0.4, 0.5) is 0 Å². The molecule has 0 saturated heterocycles. The Morgan fingerprint density at radius 2 is 2.08 bits per heavy atom. The van der Waals surface area contributed by atoms with Crippen molar-refractivity contribution in [2.75, 3.05) is 0 Å². The molecule has 72 valence electrons. The van der Waals surface area contributed by atoms with Gasteiger partial charge in [0.15, 0.2) is 0 Å². The highest BCUT2D eigenvalue weighted by molar-refractivity contribution is 5.66. The topological polar surface area (TPSA) is 46.5 Å². The highest BCUT2D eigenvalue weighted by Crippen LogP contribution is 2.13. The van der Waals surface area contributed by atoms with Gasteiger partial charge in [0, 0.05) is 6.92 Å². The first-order valence-electron chi connectivity index (χ1n) is 4.21. The number of carbonyl (C=O) groups excluding carboxylic acids is 1. The van der Waals surface area contributed by atoms with Crippen LogP contribution in [0, 0.1) is 0 Å². The van der Waals surface area contributed by atoms with E-state index in [9.17, 15) is 9.90 Å². The molecule has 0 aliphatic carbocycles. The number of ether oxygens (including phenoxy) is 1. The third kappa shape index (κ3) is 7.54. The van der Waals surface area contributed by atoms with E-state index in [-0.39, 0.29) is 12.1 Å². The number of carbonyl (C=O) groups is 1. The van der Waals surface area contributed by atoms with Crippen LogP contribution in [0.2, 0.25) is 0 Å². The fraction of sp³-hybridized carbons (Fsp3) is 0.889. The van der Waals surface area contributed by atoms with Crippen LogP contribution in [-0.2, 0) is 9.53 Å². The Labute approximate surface area is 73.7 Å². The van der Waals surface area contributed by atoms with Crippen LogP contribution in [0.5, 0.6) is 0 Å². The minimum absolute atomic E-state index is 0.103. The monoisotopic (exact) mass is 174 g/mol. The second-order valence-corrected chi connectivity index (χ2v) is 3.77. The second-order valence-electron chi connectivity index (χ2n) is 3.77. The molecule has 0 bridgehead atoms. The fourth-order valence-corrected chi connectivity index (χ4v) is 0.899. The summed E-state index contributed by atoms with van der Waals surface area (Å²) in [5.74, 6) is -0.266. The molecule has 1 N–H and O–H groups in total. The maximum Gasteiger partial charge on any atom is 0.302 e. The van der Waals surface area contributed by atoms with Crippen LogP contribution in [0.25, 0.3) is 0 Å². The Hall–Kier alpha value is -0.570. The Kier molecular flexibility index (Phi) is 4.24. The predicted molar refractivity (Wildman–Crippen MR) is 46.8 cm³/mol. The summed E-state index contributed by atoms with van der Waals surface area (Å²) < 4.78 is 4.90. The van der Waals surface area contributed by atoms with Gasteiger partial charge in [0.25, 0.3) is 0 Å². The first kappa shape index (κ1) is 11.4. The van der Waals surface area contributed by atoms with E-state index in [0.717, 1.165) is 0 Å². The third-order valence-electron chi connectivity index (χ3n) is 1.53. The molecule has 0 aromatic carbocycles. The zero-order valence-electron chi connectivity index (χ0n) is 8.26. The summed E-state index contributed by atoms with van der Waals surface area (Å²) in [7, 11) is 0. The van der Waals surface area contributed by atoms with E-state index in [0.29, 0.717) is 12.8 Å². The van der Waals surface area contributed by atoms with Crippen molar-refractivity contribution < 1.29 is 14.6 Å². The zero-order chi connectivity index (χ0) is 9.78. The van der Waals surface area contributed by atoms with Gasteiger partial charge < -0.3 is 9.84 Å². The molecule has 3 heteroatoms. The molecule has 0 amide bonds. The minimum Gasteiger partial charge on any atom is -0.463 e. The van der Waals surface area contributed by atoms with Gasteiger partial charge in [-0.25, -0.2) is 0 Å². The summed E-state index contributed by atoms with van der Waals surface area (Å²) in [6.45, 7) is 6.70. The van der Waals surface area contributed by atoms with Crippen molar-refractivity contribution in [1.82, 2.24) is 0 Å². The molecular formula is C9H18O3. The molecule has 0 rings (SSSR count). The second kappa shape index (κ2) is 4.45. The molecule has 0 aromatic heterocycles. The molecule has 0 heterocycles. The summed E-state index contributed by atoms with van der Waals surface area (Å²) in [5.41, 5.74) is -0.672. The maximum absolute atomic E-state index is 10.5. The lowest BCUT2D eigenvalue weighted by molar-refractivity contribution is -0.146. The van der Waals surface area contributed by atoms with E-state index in [1.54, 1.807) is 13.8 Å². The van der Waals surface area contributed by atoms with Crippen molar-refractivity contribution in [3.05, 3.63) is 0 Å². The van der Waals surface area contributed by atoms with Gasteiger partial charge in [0.1, 0.15) is 0 Å². The van der Waals surface area contributed by atoms with Crippen molar-refractivity contribution in [3.8, 4) is 0 Å². The van der Waals surface area contributed by atoms with Gasteiger partial charge >= 0.3 is 5.97 Å². The standard InChI is InChI=1S/C9H18O3/c1-7(12-8(2)10)5-6-9(3,4)11/h7,11H,5-6H2,1-4H3. The molecule has 3 nitrogen and oxygen atoms in total. The molecule has 0 saturated carbocycles. The fourth-order valence-electron chi connectivity index (χ4n) is 0.899. The molecule has 0 aromatic rings. The predicted octanol–water partition coefficient (Wildman–Crippen LogP) is 1.49. The van der Waals surface area contributed by atoms with Crippen molar-refractivity contribution in [1.29, 1.82) is 0 Å². The van der Waals surface area contributed by atoms with E-state index < -0.39 is 5.60 Å². The van der Waals surface area contributed by atoms with Crippen molar-refractivity contribution in [2.45, 2.75) is 52.2 Å². The number of aliphatic hydroxyl groups is 1. The molecule has 12 heavy (non-hydrogen) atoms. The Morgan fingerprint density at radius 1 is 1.58 bits per heavy atom. The van der Waals surface area contributed by atoms with Crippen LogP contribution in [0.3, 0.4) is 0 Å². The molecule has 1 atom stereocenters. The first-order chi connectivity index (χ1) is 5.31. The number of rotatable bonds is 4. The van der Waals surface area contributed by atoms with Gasteiger partial charge in [0.05, 0.1) is 11.7 Å². The molecule has 0 spiro atoms. The van der Waals surface area contributed by atoms with Crippen LogP contribution in [-0.4, -0.2) is 22.8 Å². The average Bonchev–Trinajstić information content (AvgIpc) is 1.80. The lowest BCUT2D eigenvalue weighted by Gasteiger charge is -2.19. The Morgan fingerprint density at radius 3 is 2.42 bits per heavy atom. The van der Waals surface area contributed by atoms with Crippen molar-refractivity contribution in [2.24, 2.45) is 0 Å². The van der Waals surface area contributed by atoms with E-state index >= 15 is 0 Å². The van der Waals surface area contributed by atoms with Gasteiger partial charge in [-0.05, 0) is 33.6 Å². The zero-order valence-corrected chi connectivity index (χ0v) is 8.26. The van der Waals surface area contributed by atoms with E-state index in [4.69, 9.17) is 4.74 Å².